The fourth-order valence-corrected chi connectivity index (χ4v) is 0.436. The van der Waals surface area contributed by atoms with Crippen LogP contribution in [-0.2, 0) is 23.9 Å². The van der Waals surface area contributed by atoms with Crippen LogP contribution < -0.4 is 5.11 Å². The maximum Gasteiger partial charge on any atom is 0.333 e. The van der Waals surface area contributed by atoms with E-state index in [-0.39, 0.29) is 24.8 Å². The Morgan fingerprint density at radius 2 is 1.32 bits per heavy atom. The number of carboxylic acid groups (broad SMARTS) is 1. The Kier molecular flexibility index (Phi) is 16.8. The van der Waals surface area contributed by atoms with Crippen molar-refractivity contribution < 1.29 is 34.1 Å². The highest BCUT2D eigenvalue weighted by molar-refractivity contribution is 5.87. The zero-order chi connectivity index (χ0) is 18.3. The van der Waals surface area contributed by atoms with Crippen LogP contribution >= 0.6 is 0 Å². The van der Waals surface area contributed by atoms with Crippen molar-refractivity contribution in [3.8, 4) is 0 Å². The molecule has 0 amide bonds. The second kappa shape index (κ2) is 15.0. The Morgan fingerprint density at radius 1 is 0.955 bits per heavy atom. The van der Waals surface area contributed by atoms with Crippen LogP contribution in [-0.4, -0.2) is 43.3 Å². The highest BCUT2D eigenvalue weighted by Gasteiger charge is 1.99. The number of carboxylic acids is 1. The first kappa shape index (κ1) is 24.6. The Morgan fingerprint density at radius 3 is 1.45 bits per heavy atom. The summed E-state index contributed by atoms with van der Waals surface area (Å²) < 4.78 is 8.74. The van der Waals surface area contributed by atoms with Crippen molar-refractivity contribution in [1.29, 1.82) is 0 Å². The van der Waals surface area contributed by atoms with Crippen LogP contribution in [0, 0.1) is 0 Å². The zero-order valence-electron chi connectivity index (χ0n) is 13.4. The lowest BCUT2D eigenvalue weighted by atomic mass is 10.4. The van der Waals surface area contributed by atoms with Gasteiger partial charge in [0.05, 0.1) is 19.7 Å². The summed E-state index contributed by atoms with van der Waals surface area (Å²) >= 11 is 0. The molecule has 0 aliphatic heterocycles. The second-order valence-corrected chi connectivity index (χ2v) is 3.98. The quantitative estimate of drug-likeness (QED) is 0.567. The Balaban J connectivity index is -0.000000252. The SMILES string of the molecule is C=C(C)C(=O)OC.C=C(C)C(=O)OCCO.C=C(C)C(=O)[O-]. The molecule has 7 nitrogen and oxygen atoms in total. The lowest BCUT2D eigenvalue weighted by molar-refractivity contribution is -0.299. The number of hydrogen-bond acceptors (Lipinski definition) is 7. The van der Waals surface area contributed by atoms with Crippen molar-refractivity contribution >= 4 is 17.9 Å². The molecule has 22 heavy (non-hydrogen) atoms. The molecule has 126 valence electrons. The molecule has 0 aliphatic carbocycles. The van der Waals surface area contributed by atoms with Gasteiger partial charge >= 0.3 is 11.9 Å². The van der Waals surface area contributed by atoms with Crippen molar-refractivity contribution in [3.05, 3.63) is 36.5 Å². The van der Waals surface area contributed by atoms with E-state index in [2.05, 4.69) is 29.2 Å². The maximum atomic E-state index is 10.5. The lowest BCUT2D eigenvalue weighted by Gasteiger charge is -1.99. The summed E-state index contributed by atoms with van der Waals surface area (Å²) in [6, 6.07) is 0. The fraction of sp³-hybridized carbons (Fsp3) is 0.400. The van der Waals surface area contributed by atoms with Gasteiger partial charge in [-0.3, -0.25) is 0 Å². The van der Waals surface area contributed by atoms with E-state index >= 15 is 0 Å². The van der Waals surface area contributed by atoms with E-state index in [0.29, 0.717) is 11.1 Å². The molecule has 0 rings (SSSR count). The van der Waals surface area contributed by atoms with E-state index in [1.54, 1.807) is 13.8 Å². The highest BCUT2D eigenvalue weighted by Crippen LogP contribution is 1.90. The summed E-state index contributed by atoms with van der Waals surface area (Å²) in [6.07, 6.45) is 0. The summed E-state index contributed by atoms with van der Waals surface area (Å²) in [5, 5.41) is 17.7. The van der Waals surface area contributed by atoms with E-state index < -0.39 is 11.9 Å². The largest absolute Gasteiger partial charge is 0.545 e. The first-order valence-corrected chi connectivity index (χ1v) is 6.05. The standard InChI is InChI=1S/C6H10O3.C5H8O2.C4H6O2/c1-5(2)6(8)9-4-3-7;1-4(2)5(6)7-3;1-3(2)4(5)6/h7H,1,3-4H2,2H3;1H2,2-3H3;1H2,2H3,(H,5,6)/p-1. The van der Waals surface area contributed by atoms with Gasteiger partial charge < -0.3 is 24.5 Å². The Labute approximate surface area is 130 Å². The summed E-state index contributed by atoms with van der Waals surface area (Å²) in [7, 11) is 1.33. The first-order chi connectivity index (χ1) is 10.0. The van der Waals surface area contributed by atoms with E-state index in [4.69, 9.17) is 5.11 Å². The summed E-state index contributed by atoms with van der Waals surface area (Å²) in [4.78, 5) is 30.1. The monoisotopic (exact) mass is 315 g/mol. The highest BCUT2D eigenvalue weighted by atomic mass is 16.5. The van der Waals surface area contributed by atoms with Crippen LogP contribution in [0.3, 0.4) is 0 Å². The second-order valence-electron chi connectivity index (χ2n) is 3.98. The van der Waals surface area contributed by atoms with Crippen molar-refractivity contribution in [2.24, 2.45) is 0 Å². The van der Waals surface area contributed by atoms with Gasteiger partial charge in [0.1, 0.15) is 6.61 Å². The Bertz CT molecular complexity index is 410. The van der Waals surface area contributed by atoms with Gasteiger partial charge in [0.15, 0.2) is 0 Å². The van der Waals surface area contributed by atoms with Gasteiger partial charge in [0.25, 0.3) is 0 Å². The van der Waals surface area contributed by atoms with Crippen LogP contribution in [0.2, 0.25) is 0 Å². The van der Waals surface area contributed by atoms with Gasteiger partial charge in [-0.1, -0.05) is 19.7 Å². The molecule has 0 saturated heterocycles. The molecule has 0 aromatic heterocycles. The van der Waals surface area contributed by atoms with Gasteiger partial charge in [-0.15, -0.1) is 0 Å². The molecule has 0 spiro atoms. The molecular weight excluding hydrogens is 292 g/mol. The number of methoxy groups -OCH3 is 1. The molecule has 0 radical (unpaired) electrons. The summed E-state index contributed by atoms with van der Waals surface area (Å²) in [6.45, 7) is 14.2. The number of hydrogen-bond donors (Lipinski definition) is 1. The minimum Gasteiger partial charge on any atom is -0.545 e. The minimum atomic E-state index is -1.19. The van der Waals surface area contributed by atoms with Crippen LogP contribution in [0.25, 0.3) is 0 Å². The molecule has 1 N–H and O–H groups in total. The van der Waals surface area contributed by atoms with Gasteiger partial charge in [-0.2, -0.15) is 0 Å². The molecule has 0 bridgehead atoms. The van der Waals surface area contributed by atoms with Crippen LogP contribution in [0.5, 0.6) is 0 Å². The van der Waals surface area contributed by atoms with Gasteiger partial charge in [-0.05, 0) is 26.3 Å². The number of aliphatic carboxylic acids is 1. The molecular formula is C15H23O7-. The number of esters is 2. The van der Waals surface area contributed by atoms with Gasteiger partial charge in [-0.25, -0.2) is 9.59 Å². The number of rotatable bonds is 5. The van der Waals surface area contributed by atoms with E-state index in [1.165, 1.54) is 14.0 Å². The molecule has 0 atom stereocenters. The van der Waals surface area contributed by atoms with Crippen LogP contribution in [0.15, 0.2) is 36.5 Å². The smallest absolute Gasteiger partial charge is 0.333 e. The lowest BCUT2D eigenvalue weighted by Crippen LogP contribution is -2.22. The van der Waals surface area contributed by atoms with Gasteiger partial charge in [0.2, 0.25) is 0 Å². The number of aliphatic hydroxyl groups excluding tert-OH is 1. The van der Waals surface area contributed by atoms with Crippen molar-refractivity contribution in [1.82, 2.24) is 0 Å². The number of carbonyl (C=O) groups excluding carboxylic acids is 3. The van der Waals surface area contributed by atoms with Crippen LogP contribution in [0.4, 0.5) is 0 Å². The Hall–Kier alpha value is -2.41. The molecule has 7 heteroatoms. The third-order valence-electron chi connectivity index (χ3n) is 1.56. The average molecular weight is 315 g/mol. The molecule has 0 fully saturated rings. The van der Waals surface area contributed by atoms with E-state index in [0.717, 1.165) is 0 Å². The fourth-order valence-electron chi connectivity index (χ4n) is 0.436. The minimum absolute atomic E-state index is 0.0473. The molecule has 0 aliphatic rings. The van der Waals surface area contributed by atoms with Crippen molar-refractivity contribution in [2.45, 2.75) is 20.8 Å². The third kappa shape index (κ3) is 19.9. The maximum absolute atomic E-state index is 10.5. The van der Waals surface area contributed by atoms with E-state index in [9.17, 15) is 19.5 Å². The number of aliphatic hydroxyl groups is 1. The molecule has 0 heterocycles. The molecule has 0 aromatic rings. The summed E-state index contributed by atoms with van der Waals surface area (Å²) in [5.41, 5.74) is 0.848. The topological polar surface area (TPSA) is 113 Å². The molecule has 0 aromatic carbocycles. The predicted octanol–water partition coefficient (Wildman–Crippen LogP) is 0.146. The molecule has 0 unspecified atom stereocenters. The third-order valence-corrected chi connectivity index (χ3v) is 1.56. The van der Waals surface area contributed by atoms with Crippen LogP contribution in [0.1, 0.15) is 20.8 Å². The normalized spacial score (nSPS) is 8.05. The summed E-state index contributed by atoms with van der Waals surface area (Å²) in [5.74, 6) is -1.99. The first-order valence-electron chi connectivity index (χ1n) is 6.05. The number of carbonyl (C=O) groups is 3. The van der Waals surface area contributed by atoms with Gasteiger partial charge in [0, 0.05) is 11.1 Å². The number of ether oxygens (including phenoxy) is 2. The average Bonchev–Trinajstić information content (AvgIpc) is 2.44. The van der Waals surface area contributed by atoms with Crippen molar-refractivity contribution in [2.75, 3.05) is 20.3 Å². The molecule has 0 saturated carbocycles. The van der Waals surface area contributed by atoms with Crippen molar-refractivity contribution in [3.63, 3.8) is 0 Å². The van der Waals surface area contributed by atoms with E-state index in [1.807, 2.05) is 0 Å². The predicted molar refractivity (Wildman–Crippen MR) is 79.5 cm³/mol. The zero-order valence-corrected chi connectivity index (χ0v) is 13.4.